The molecule has 136 valence electrons. The van der Waals surface area contributed by atoms with E-state index < -0.39 is 16.4 Å². The molecule has 1 aromatic heterocycles. The first kappa shape index (κ1) is 17.9. The van der Waals surface area contributed by atoms with E-state index >= 15 is 0 Å². The van der Waals surface area contributed by atoms with Crippen molar-refractivity contribution in [2.24, 2.45) is 0 Å². The average molecular weight is 364 g/mol. The van der Waals surface area contributed by atoms with Gasteiger partial charge in [-0.05, 0) is 54.8 Å². The molecule has 0 saturated heterocycles. The summed E-state index contributed by atoms with van der Waals surface area (Å²) in [5, 5.41) is 30.5. The third kappa shape index (κ3) is 3.30. The number of aromatic amines is 1. The molecule has 0 unspecified atom stereocenters. The monoisotopic (exact) mass is 364 g/mol. The summed E-state index contributed by atoms with van der Waals surface area (Å²) >= 11 is 0. The molecule has 2 aromatic carbocycles. The number of aryl methyl sites for hydroxylation is 2. The molecule has 0 atom stereocenters. The van der Waals surface area contributed by atoms with Crippen LogP contribution < -0.4 is 4.74 Å². The maximum absolute atomic E-state index is 11.1. The second-order valence-corrected chi connectivity index (χ2v) is 6.06. The Bertz CT molecular complexity index is 1100. The lowest BCUT2D eigenvalue weighted by Gasteiger charge is -2.05. The molecule has 0 saturated carbocycles. The Balaban J connectivity index is 2.13. The second-order valence-electron chi connectivity index (χ2n) is 6.06. The summed E-state index contributed by atoms with van der Waals surface area (Å²) in [6.07, 6.45) is 1.45. The maximum atomic E-state index is 11.1. The normalized spacial score (nSPS) is 11.4. The van der Waals surface area contributed by atoms with Crippen LogP contribution >= 0.6 is 0 Å². The van der Waals surface area contributed by atoms with Gasteiger partial charge in [-0.1, -0.05) is 0 Å². The highest BCUT2D eigenvalue weighted by molar-refractivity contribution is 5.91. The molecular formula is C19H16N4O4. The molecule has 3 rings (SSSR count). The molecule has 0 spiro atoms. The van der Waals surface area contributed by atoms with Gasteiger partial charge in [-0.2, -0.15) is 5.26 Å². The molecule has 8 nitrogen and oxygen atoms in total. The summed E-state index contributed by atoms with van der Waals surface area (Å²) in [7, 11) is 1.29. The smallest absolute Gasteiger partial charge is 0.315 e. The molecule has 0 aliphatic heterocycles. The van der Waals surface area contributed by atoms with Crippen LogP contribution in [0.2, 0.25) is 0 Å². The highest BCUT2D eigenvalue weighted by Crippen LogP contribution is 2.37. The van der Waals surface area contributed by atoms with Gasteiger partial charge in [-0.15, -0.1) is 0 Å². The van der Waals surface area contributed by atoms with E-state index in [1.165, 1.54) is 25.3 Å². The number of phenols is 1. The third-order valence-corrected chi connectivity index (χ3v) is 4.28. The number of nitrogens with zero attached hydrogens (tertiary/aromatic N) is 3. The summed E-state index contributed by atoms with van der Waals surface area (Å²) in [5.74, 6) is -0.261. The number of imidazole rings is 1. The molecule has 3 aromatic rings. The number of aromatic hydroxyl groups is 1. The van der Waals surface area contributed by atoms with Crippen molar-refractivity contribution in [2.75, 3.05) is 7.11 Å². The van der Waals surface area contributed by atoms with Crippen molar-refractivity contribution in [2.45, 2.75) is 13.8 Å². The molecule has 27 heavy (non-hydrogen) atoms. The fourth-order valence-corrected chi connectivity index (χ4v) is 2.71. The quantitative estimate of drug-likeness (QED) is 0.411. The number of ether oxygens (including phenoxy) is 1. The Morgan fingerprint density at radius 1 is 1.33 bits per heavy atom. The summed E-state index contributed by atoms with van der Waals surface area (Å²) in [4.78, 5) is 18.0. The highest BCUT2D eigenvalue weighted by atomic mass is 16.6. The van der Waals surface area contributed by atoms with Crippen molar-refractivity contribution in [3.05, 3.63) is 56.9 Å². The first-order valence-corrected chi connectivity index (χ1v) is 7.98. The third-order valence-electron chi connectivity index (χ3n) is 4.28. The van der Waals surface area contributed by atoms with Gasteiger partial charge in [0.2, 0.25) is 5.75 Å². The lowest BCUT2D eigenvalue weighted by atomic mass is 10.1. The average Bonchev–Trinajstić information content (AvgIpc) is 3.03. The first-order valence-electron chi connectivity index (χ1n) is 7.98. The molecule has 0 fully saturated rings. The van der Waals surface area contributed by atoms with Crippen LogP contribution in [0.3, 0.4) is 0 Å². The van der Waals surface area contributed by atoms with E-state index in [0.717, 1.165) is 22.2 Å². The number of hydrogen-bond acceptors (Lipinski definition) is 6. The minimum atomic E-state index is -0.714. The van der Waals surface area contributed by atoms with Crippen LogP contribution in [0.15, 0.2) is 24.3 Å². The lowest BCUT2D eigenvalue weighted by molar-refractivity contribution is -0.386. The number of H-pyrrole nitrogens is 1. The number of phenolic OH excluding ortho intramolecular Hbond substituents is 1. The number of rotatable bonds is 4. The molecule has 0 radical (unpaired) electrons. The van der Waals surface area contributed by atoms with Crippen LogP contribution in [-0.4, -0.2) is 27.1 Å². The number of hydrogen-bond donors (Lipinski definition) is 2. The van der Waals surface area contributed by atoms with Crippen LogP contribution in [0.1, 0.15) is 22.5 Å². The Labute approximate surface area is 154 Å². The topological polar surface area (TPSA) is 125 Å². The van der Waals surface area contributed by atoms with Gasteiger partial charge in [0, 0.05) is 6.07 Å². The van der Waals surface area contributed by atoms with E-state index in [0.29, 0.717) is 11.4 Å². The van der Waals surface area contributed by atoms with Crippen LogP contribution in [0, 0.1) is 35.3 Å². The van der Waals surface area contributed by atoms with Crippen molar-refractivity contribution >= 4 is 28.4 Å². The van der Waals surface area contributed by atoms with Gasteiger partial charge >= 0.3 is 5.69 Å². The summed E-state index contributed by atoms with van der Waals surface area (Å²) in [5.41, 5.74) is 3.73. The molecule has 1 heterocycles. The minimum absolute atomic E-state index is 0.0522. The molecule has 0 amide bonds. The summed E-state index contributed by atoms with van der Waals surface area (Å²) in [6, 6.07) is 8.51. The van der Waals surface area contributed by atoms with Gasteiger partial charge < -0.3 is 14.8 Å². The van der Waals surface area contributed by atoms with E-state index in [9.17, 15) is 20.5 Å². The molecule has 0 aliphatic carbocycles. The van der Waals surface area contributed by atoms with Crippen LogP contribution in [0.5, 0.6) is 11.5 Å². The summed E-state index contributed by atoms with van der Waals surface area (Å²) < 4.78 is 4.98. The van der Waals surface area contributed by atoms with Crippen LogP contribution in [0.4, 0.5) is 5.69 Å². The van der Waals surface area contributed by atoms with Crippen molar-refractivity contribution in [3.8, 4) is 17.6 Å². The van der Waals surface area contributed by atoms with Gasteiger partial charge in [-0.25, -0.2) is 4.98 Å². The number of methoxy groups -OCH3 is 1. The SMILES string of the molecule is COc1cc(/C=C(\C#N)c2nc3cc(C)c(C)cc3[nH]2)cc([N+](=O)[O-])c1O. The fourth-order valence-electron chi connectivity index (χ4n) is 2.71. The van der Waals surface area contributed by atoms with Gasteiger partial charge in [0.05, 0.1) is 28.6 Å². The van der Waals surface area contributed by atoms with Crippen molar-refractivity contribution in [3.63, 3.8) is 0 Å². The first-order chi connectivity index (χ1) is 12.8. The zero-order valence-corrected chi connectivity index (χ0v) is 14.9. The molecule has 0 bridgehead atoms. The van der Waals surface area contributed by atoms with E-state index in [-0.39, 0.29) is 11.3 Å². The van der Waals surface area contributed by atoms with Crippen molar-refractivity contribution in [1.29, 1.82) is 5.26 Å². The molecular weight excluding hydrogens is 348 g/mol. The lowest BCUT2D eigenvalue weighted by Crippen LogP contribution is -1.93. The Morgan fingerprint density at radius 3 is 2.67 bits per heavy atom. The van der Waals surface area contributed by atoms with E-state index in [4.69, 9.17) is 4.74 Å². The number of nitrogens with one attached hydrogen (secondary N) is 1. The van der Waals surface area contributed by atoms with Crippen molar-refractivity contribution in [1.82, 2.24) is 9.97 Å². The highest BCUT2D eigenvalue weighted by Gasteiger charge is 2.20. The van der Waals surface area contributed by atoms with E-state index in [1.54, 1.807) is 0 Å². The zero-order valence-electron chi connectivity index (χ0n) is 14.9. The minimum Gasteiger partial charge on any atom is -0.500 e. The number of allylic oxidation sites excluding steroid dienone is 1. The van der Waals surface area contributed by atoms with Crippen LogP contribution in [-0.2, 0) is 0 Å². The molecule has 2 N–H and O–H groups in total. The Morgan fingerprint density at radius 2 is 2.04 bits per heavy atom. The van der Waals surface area contributed by atoms with Crippen molar-refractivity contribution < 1.29 is 14.8 Å². The Hall–Kier alpha value is -3.86. The molecule has 0 aliphatic rings. The number of benzene rings is 2. The maximum Gasteiger partial charge on any atom is 0.315 e. The second kappa shape index (κ2) is 6.80. The van der Waals surface area contributed by atoms with Gasteiger partial charge in [0.15, 0.2) is 5.75 Å². The number of nitriles is 1. The standard InChI is InChI=1S/C19H16N4O4/c1-10-4-14-15(5-11(10)2)22-19(21-14)13(9-20)6-12-7-16(23(25)26)18(24)17(8-12)27-3/h4-8,24H,1-3H3,(H,21,22)/b13-6+. The fraction of sp³-hybridized carbons (Fsp3) is 0.158. The molecule has 8 heteroatoms. The van der Waals surface area contributed by atoms with Crippen LogP contribution in [0.25, 0.3) is 22.7 Å². The number of fused-ring (bicyclic) bond motifs is 1. The van der Waals surface area contributed by atoms with E-state index in [2.05, 4.69) is 16.0 Å². The number of nitro benzene ring substituents is 1. The predicted octanol–water partition coefficient (Wildman–Crippen LogP) is 3.87. The largest absolute Gasteiger partial charge is 0.500 e. The zero-order chi connectivity index (χ0) is 19.7. The summed E-state index contributed by atoms with van der Waals surface area (Å²) in [6.45, 7) is 3.96. The Kier molecular flexibility index (Phi) is 4.52. The van der Waals surface area contributed by atoms with E-state index in [1.807, 2.05) is 26.0 Å². The predicted molar refractivity (Wildman–Crippen MR) is 100 cm³/mol. The number of aromatic nitrogens is 2. The number of nitro groups is 1. The van der Waals surface area contributed by atoms with Gasteiger partial charge in [-0.3, -0.25) is 10.1 Å². The van der Waals surface area contributed by atoms with Gasteiger partial charge in [0.25, 0.3) is 0 Å². The van der Waals surface area contributed by atoms with Gasteiger partial charge in [0.1, 0.15) is 11.9 Å².